The summed E-state index contributed by atoms with van der Waals surface area (Å²) in [5.74, 6) is -1.81. The molecule has 0 N–H and O–H groups in total. The second-order valence-corrected chi connectivity index (χ2v) is 9.42. The van der Waals surface area contributed by atoms with Crippen molar-refractivity contribution >= 4 is 17.9 Å². The predicted octanol–water partition coefficient (Wildman–Crippen LogP) is 5.57. The van der Waals surface area contributed by atoms with Crippen LogP contribution in [0, 0.1) is 10.1 Å². The SMILES string of the molecule is O=C(CCC(CCC(=O)OCc1ccccc1)(CCC(=O)OCc1ccccc1)[N+](=O)[O-])OCc1ccccc1. The van der Waals surface area contributed by atoms with E-state index in [1.165, 1.54) is 0 Å². The first kappa shape index (κ1) is 30.0. The lowest BCUT2D eigenvalue weighted by atomic mass is 9.84. The fraction of sp³-hybridized carbons (Fsp3) is 0.323. The Hall–Kier alpha value is -4.53. The largest absolute Gasteiger partial charge is 0.461 e. The van der Waals surface area contributed by atoms with Crippen molar-refractivity contribution in [1.29, 1.82) is 0 Å². The van der Waals surface area contributed by atoms with Gasteiger partial charge in [0.15, 0.2) is 0 Å². The van der Waals surface area contributed by atoms with Crippen molar-refractivity contribution in [3.8, 4) is 0 Å². The first-order valence-electron chi connectivity index (χ1n) is 13.1. The van der Waals surface area contributed by atoms with E-state index < -0.39 is 28.4 Å². The molecule has 3 rings (SSSR count). The Balaban J connectivity index is 1.60. The van der Waals surface area contributed by atoms with Crippen LogP contribution in [-0.4, -0.2) is 28.4 Å². The number of carbonyl (C=O) groups is 3. The standard InChI is InChI=1S/C31H33NO8/c33-28(38-22-25-10-4-1-5-11-25)16-19-31(32(36)37,20-17-29(34)39-23-26-12-6-2-7-13-26)21-18-30(35)40-24-27-14-8-3-9-15-27/h1-15H,16-24H2. The molecule has 0 aliphatic rings. The number of benzene rings is 3. The number of ether oxygens (including phenoxy) is 3. The smallest absolute Gasteiger partial charge is 0.306 e. The van der Waals surface area contributed by atoms with Crippen LogP contribution in [0.2, 0.25) is 0 Å². The van der Waals surface area contributed by atoms with Gasteiger partial charge in [0.25, 0.3) is 0 Å². The maximum Gasteiger partial charge on any atom is 0.306 e. The summed E-state index contributed by atoms with van der Waals surface area (Å²) >= 11 is 0. The molecule has 0 amide bonds. The molecule has 0 bridgehead atoms. The minimum atomic E-state index is -1.72. The van der Waals surface area contributed by atoms with Crippen LogP contribution in [0.3, 0.4) is 0 Å². The summed E-state index contributed by atoms with van der Waals surface area (Å²) in [7, 11) is 0. The highest BCUT2D eigenvalue weighted by Crippen LogP contribution is 2.30. The summed E-state index contributed by atoms with van der Waals surface area (Å²) in [4.78, 5) is 49.2. The number of nitro groups is 1. The number of carbonyl (C=O) groups excluding carboxylic acids is 3. The zero-order valence-corrected chi connectivity index (χ0v) is 22.2. The minimum absolute atomic E-state index is 0.0444. The van der Waals surface area contributed by atoms with Crippen LogP contribution in [0.1, 0.15) is 55.2 Å². The average Bonchev–Trinajstić information content (AvgIpc) is 2.99. The molecule has 0 saturated carbocycles. The zero-order chi connectivity index (χ0) is 28.6. The average molecular weight is 548 g/mol. The van der Waals surface area contributed by atoms with Gasteiger partial charge in [-0.15, -0.1) is 0 Å². The van der Waals surface area contributed by atoms with Gasteiger partial charge in [-0.25, -0.2) is 0 Å². The second kappa shape index (κ2) is 15.8. The van der Waals surface area contributed by atoms with Crippen molar-refractivity contribution < 1.29 is 33.5 Å². The lowest BCUT2D eigenvalue weighted by Crippen LogP contribution is -2.40. The molecule has 3 aromatic carbocycles. The summed E-state index contributed by atoms with van der Waals surface area (Å²) in [6.07, 6.45) is -1.34. The highest BCUT2D eigenvalue weighted by atomic mass is 16.6. The van der Waals surface area contributed by atoms with Crippen molar-refractivity contribution in [2.45, 2.75) is 63.9 Å². The van der Waals surface area contributed by atoms with Crippen molar-refractivity contribution in [1.82, 2.24) is 0 Å². The Bertz CT molecular complexity index is 1090. The van der Waals surface area contributed by atoms with E-state index in [-0.39, 0.29) is 58.3 Å². The molecule has 0 unspecified atom stereocenters. The summed E-state index contributed by atoms with van der Waals surface area (Å²) in [6.45, 7) is 0.133. The Morgan fingerprint density at radius 2 is 0.825 bits per heavy atom. The summed E-state index contributed by atoms with van der Waals surface area (Å²) in [5.41, 5.74) is 0.652. The van der Waals surface area contributed by atoms with Gasteiger partial charge in [0.05, 0.1) is 19.3 Å². The Morgan fingerprint density at radius 3 is 1.07 bits per heavy atom. The number of esters is 3. The fourth-order valence-electron chi connectivity index (χ4n) is 4.08. The maximum absolute atomic E-state index is 12.5. The minimum Gasteiger partial charge on any atom is -0.461 e. The van der Waals surface area contributed by atoms with Crippen LogP contribution in [0.15, 0.2) is 91.0 Å². The Labute approximate surface area is 233 Å². The molecule has 40 heavy (non-hydrogen) atoms. The zero-order valence-electron chi connectivity index (χ0n) is 22.2. The molecule has 0 heterocycles. The van der Waals surface area contributed by atoms with Crippen molar-refractivity contribution in [3.05, 3.63) is 118 Å². The molecule has 0 aromatic heterocycles. The summed E-state index contributed by atoms with van der Waals surface area (Å²) in [6, 6.07) is 27.2. The van der Waals surface area contributed by atoms with Crippen LogP contribution in [0.5, 0.6) is 0 Å². The number of hydrogen-bond acceptors (Lipinski definition) is 8. The topological polar surface area (TPSA) is 122 Å². The van der Waals surface area contributed by atoms with E-state index in [0.717, 1.165) is 16.7 Å². The number of nitrogens with zero attached hydrogens (tertiary/aromatic N) is 1. The van der Waals surface area contributed by atoms with Crippen molar-refractivity contribution in [2.24, 2.45) is 0 Å². The van der Waals surface area contributed by atoms with Gasteiger partial charge in [-0.1, -0.05) is 91.0 Å². The second-order valence-electron chi connectivity index (χ2n) is 9.42. The van der Waals surface area contributed by atoms with Crippen molar-refractivity contribution in [2.75, 3.05) is 0 Å². The van der Waals surface area contributed by atoms with E-state index in [4.69, 9.17) is 14.2 Å². The molecule has 210 valence electrons. The normalized spacial score (nSPS) is 10.9. The van der Waals surface area contributed by atoms with Crippen molar-refractivity contribution in [3.63, 3.8) is 0 Å². The highest BCUT2D eigenvalue weighted by molar-refractivity contribution is 5.71. The van der Waals surface area contributed by atoms with E-state index in [1.807, 2.05) is 54.6 Å². The first-order chi connectivity index (χ1) is 19.4. The van der Waals surface area contributed by atoms with Crippen LogP contribution in [-0.2, 0) is 48.4 Å². The van der Waals surface area contributed by atoms with Gasteiger partial charge in [0, 0.05) is 24.2 Å². The Kier molecular flexibility index (Phi) is 11.8. The molecule has 0 aliphatic heterocycles. The lowest BCUT2D eigenvalue weighted by molar-refractivity contribution is -0.573. The molecule has 0 spiro atoms. The van der Waals surface area contributed by atoms with Gasteiger partial charge < -0.3 is 14.2 Å². The van der Waals surface area contributed by atoms with E-state index >= 15 is 0 Å². The third-order valence-corrected chi connectivity index (χ3v) is 6.50. The highest BCUT2D eigenvalue weighted by Gasteiger charge is 2.43. The first-order valence-corrected chi connectivity index (χ1v) is 13.1. The summed E-state index contributed by atoms with van der Waals surface area (Å²) in [5, 5.41) is 12.3. The van der Waals surface area contributed by atoms with E-state index in [1.54, 1.807) is 36.4 Å². The summed E-state index contributed by atoms with van der Waals surface area (Å²) < 4.78 is 15.9. The molecule has 0 atom stereocenters. The Morgan fingerprint density at radius 1 is 0.550 bits per heavy atom. The quantitative estimate of drug-likeness (QED) is 0.0987. The maximum atomic E-state index is 12.5. The molecule has 0 aliphatic carbocycles. The monoisotopic (exact) mass is 547 g/mol. The molecule has 0 saturated heterocycles. The van der Waals surface area contributed by atoms with E-state index in [0.29, 0.717) is 0 Å². The van der Waals surface area contributed by atoms with Gasteiger partial charge in [-0.05, 0) is 16.7 Å². The third-order valence-electron chi connectivity index (χ3n) is 6.50. The van der Waals surface area contributed by atoms with Crippen LogP contribution in [0.25, 0.3) is 0 Å². The predicted molar refractivity (Wildman–Crippen MR) is 146 cm³/mol. The van der Waals surface area contributed by atoms with Crippen LogP contribution < -0.4 is 0 Å². The van der Waals surface area contributed by atoms with Gasteiger partial charge in [-0.3, -0.25) is 24.5 Å². The number of rotatable bonds is 16. The lowest BCUT2D eigenvalue weighted by Gasteiger charge is -2.25. The van der Waals surface area contributed by atoms with Crippen LogP contribution >= 0.6 is 0 Å². The van der Waals surface area contributed by atoms with E-state index in [2.05, 4.69) is 0 Å². The molecule has 9 nitrogen and oxygen atoms in total. The van der Waals surface area contributed by atoms with Gasteiger partial charge in [0.1, 0.15) is 19.8 Å². The molecule has 0 fully saturated rings. The molecule has 9 heteroatoms. The van der Waals surface area contributed by atoms with E-state index in [9.17, 15) is 24.5 Å². The molecule has 3 aromatic rings. The number of hydrogen-bond donors (Lipinski definition) is 0. The fourth-order valence-corrected chi connectivity index (χ4v) is 4.08. The molecular formula is C31H33NO8. The van der Waals surface area contributed by atoms with Gasteiger partial charge in [-0.2, -0.15) is 0 Å². The molecule has 0 radical (unpaired) electrons. The van der Waals surface area contributed by atoms with Gasteiger partial charge in [0.2, 0.25) is 5.54 Å². The third kappa shape index (κ3) is 10.3. The molecular weight excluding hydrogens is 514 g/mol. The van der Waals surface area contributed by atoms with Crippen LogP contribution in [0.4, 0.5) is 0 Å². The van der Waals surface area contributed by atoms with Gasteiger partial charge >= 0.3 is 17.9 Å².